The summed E-state index contributed by atoms with van der Waals surface area (Å²) < 4.78 is 21.6. The number of imidazole rings is 1. The van der Waals surface area contributed by atoms with Crippen molar-refractivity contribution in [1.29, 1.82) is 0 Å². The van der Waals surface area contributed by atoms with Gasteiger partial charge in [-0.3, -0.25) is 62.3 Å². The van der Waals surface area contributed by atoms with Gasteiger partial charge in [-0.1, -0.05) is 97.0 Å². The molecule has 10 atom stereocenters. The second-order valence-electron chi connectivity index (χ2n) is 29.4. The molecule has 0 aliphatic heterocycles. The number of carbonyl (C=O) groups is 13. The number of nitrogens with two attached hydrogens (primary N) is 1. The Morgan fingerprint density at radius 1 is 0.690 bits per heavy atom. The number of primary amides is 1. The molecule has 35 nitrogen and oxygen atoms in total. The molecular weight excluding hydrogens is 1510 g/mol. The maximum Gasteiger partial charge on any atom is 0.305 e. The van der Waals surface area contributed by atoms with Crippen molar-refractivity contribution in [2.45, 2.75) is 200 Å². The molecule has 0 aliphatic carbocycles. The molecule has 116 heavy (non-hydrogen) atoms. The summed E-state index contributed by atoms with van der Waals surface area (Å²) in [6.07, 6.45) is -3.43. The number of nitrogens with one attached hydrogen (secondary N) is 9. The largest absolute Gasteiger partial charge is 0.494 e. The first-order valence-electron chi connectivity index (χ1n) is 38.2. The van der Waals surface area contributed by atoms with Crippen LogP contribution in [0.15, 0.2) is 109 Å². The van der Waals surface area contributed by atoms with Crippen molar-refractivity contribution in [3.8, 4) is 16.9 Å². The number of aliphatic carboxylic acids is 1. The minimum atomic E-state index is -2.12. The number of unbranched alkanes of at least 4 members (excludes halogenated alkanes) is 1. The van der Waals surface area contributed by atoms with Crippen LogP contribution < -0.4 is 47.7 Å². The molecule has 0 bridgehead atoms. The van der Waals surface area contributed by atoms with E-state index in [0.717, 1.165) is 53.4 Å². The molecule has 0 saturated carbocycles. The van der Waals surface area contributed by atoms with E-state index in [0.29, 0.717) is 69.5 Å². The van der Waals surface area contributed by atoms with E-state index in [4.69, 9.17) is 16.0 Å². The van der Waals surface area contributed by atoms with Crippen LogP contribution in [0.2, 0.25) is 0 Å². The van der Waals surface area contributed by atoms with Gasteiger partial charge in [0, 0.05) is 94.2 Å². The zero-order chi connectivity index (χ0) is 85.2. The van der Waals surface area contributed by atoms with Gasteiger partial charge in [0.2, 0.25) is 47.3 Å². The number of aliphatic hydroxyl groups is 3. The van der Waals surface area contributed by atoms with Gasteiger partial charge in [-0.15, -0.1) is 10.2 Å². The first-order valence-corrected chi connectivity index (χ1v) is 38.2. The zero-order valence-electron chi connectivity index (χ0n) is 66.0. The number of halogens is 1. The predicted octanol–water partition coefficient (Wildman–Crippen LogP) is 3.44. The number of carboxylic acid groups (broad SMARTS) is 1. The highest BCUT2D eigenvalue weighted by atomic mass is 19.1. The van der Waals surface area contributed by atoms with Crippen molar-refractivity contribution in [3.63, 3.8) is 0 Å². The first kappa shape index (κ1) is 92.9. The van der Waals surface area contributed by atoms with E-state index in [1.807, 2.05) is 49.4 Å². The van der Waals surface area contributed by atoms with E-state index in [9.17, 15) is 82.8 Å². The van der Waals surface area contributed by atoms with Gasteiger partial charge in [-0.2, -0.15) is 5.21 Å². The molecule has 624 valence electrons. The molecule has 0 saturated heterocycles. The molecule has 4 aromatic carbocycles. The lowest BCUT2D eigenvalue weighted by molar-refractivity contribution is -0.143. The highest BCUT2D eigenvalue weighted by Crippen LogP contribution is 2.33. The maximum atomic E-state index is 15.6. The topological polar surface area (TPSA) is 554 Å². The van der Waals surface area contributed by atoms with Gasteiger partial charge >= 0.3 is 5.97 Å². The van der Waals surface area contributed by atoms with E-state index in [-0.39, 0.29) is 43.1 Å². The summed E-state index contributed by atoms with van der Waals surface area (Å²) in [6, 6.07) is 16.8. The highest BCUT2D eigenvalue weighted by Gasteiger charge is 2.44. The Morgan fingerprint density at radius 3 is 1.97 bits per heavy atom. The van der Waals surface area contributed by atoms with Crippen molar-refractivity contribution in [2.24, 2.45) is 33.5 Å². The molecule has 36 heteroatoms. The molecular formula is C80H104FN17O18. The Balaban J connectivity index is 1.17. The monoisotopic (exact) mass is 1610 g/mol. The second-order valence-corrected chi connectivity index (χ2v) is 29.4. The van der Waals surface area contributed by atoms with E-state index in [1.165, 1.54) is 52.2 Å². The van der Waals surface area contributed by atoms with Crippen molar-refractivity contribution in [2.75, 3.05) is 26.3 Å². The van der Waals surface area contributed by atoms with Gasteiger partial charge in [0.25, 0.3) is 0 Å². The van der Waals surface area contributed by atoms with E-state index < -0.39 is 193 Å². The van der Waals surface area contributed by atoms with Crippen LogP contribution in [0.5, 0.6) is 5.75 Å². The average Bonchev–Trinajstić information content (AvgIpc) is 0.945. The lowest BCUT2D eigenvalue weighted by Crippen LogP contribution is -2.55. The number of hydrogen-bond acceptors (Lipinski definition) is 22. The number of H-pyrrole nitrogens is 2. The van der Waals surface area contributed by atoms with Crippen LogP contribution >= 0.6 is 0 Å². The van der Waals surface area contributed by atoms with Crippen LogP contribution in [0.25, 0.3) is 21.6 Å². The summed E-state index contributed by atoms with van der Waals surface area (Å²) in [5.74, 6) is -15.8. The Morgan fingerprint density at radius 2 is 1.35 bits per heavy atom. The lowest BCUT2D eigenvalue weighted by Gasteiger charge is -2.33. The number of ether oxygens (including phenoxy) is 1. The molecule has 15 N–H and O–H groups in total. The normalized spacial score (nSPS) is 14.1. The molecule has 0 aliphatic rings. The molecule has 6 rings (SSSR count). The summed E-state index contributed by atoms with van der Waals surface area (Å²) in [5, 5.41) is 77.8. The Kier molecular flexibility index (Phi) is 36.6. The molecule has 0 spiro atoms. The number of carbonyl (C=O) groups excluding carboxylic acids is 12. The number of nitrogens with zero attached hydrogens (tertiary/aromatic N) is 7. The third kappa shape index (κ3) is 29.4. The van der Waals surface area contributed by atoms with Crippen molar-refractivity contribution < 1.29 is 91.9 Å². The van der Waals surface area contributed by atoms with Gasteiger partial charge in [0.05, 0.1) is 61.6 Å². The standard InChI is InChI=1S/C80H104FN17O18/c1-8-52-35-58(116-33-12-11-31-88-96-83)26-27-59(52)53-24-22-50(23-25-53)34-55(74(111)89-61(73(82)110)17-13-14-49-18-20-51(21-19-49)42-86-48(4)102)36-65(104)63(39-70(108)109)90-75(112)56(44-99)37-66(105)71(46(2)100)93-78(115)80(7,40-54-15-9-10-16-60(54)81)41-67(106)72(47(3)101)92-69(107)29-28-64(103)62(38-68-94-97-98-95-68)91-77(114)79(5,6)76(113)85-32-30-57-43-84-45-87-57/h9-10,15-16,18-27,35,43,45-47,55-56,61-63,71-72,99-101H,8,11-14,17,28-34,36-42,44H2,1-7H3,(H2,82,110)(H,84,87)(H,85,113)(H,86,102)(H,89,111)(H,90,112)(H,91,114)(H,92,107)(H,93,115)(H,108,109)(H,94,95,97,98)/t46-,47-,55-,56+,61+,62+,63+,71+,72+,80-/m1/s1. The summed E-state index contributed by atoms with van der Waals surface area (Å²) in [7, 11) is 0. The molecule has 8 amide bonds. The van der Waals surface area contributed by atoms with Crippen molar-refractivity contribution in [1.82, 2.24) is 67.8 Å². The minimum absolute atomic E-state index is 0.0184. The fourth-order valence-corrected chi connectivity index (χ4v) is 12.7. The molecule has 0 radical (unpaired) electrons. The van der Waals surface area contributed by atoms with E-state index in [2.05, 4.69) is 77.8 Å². The van der Waals surface area contributed by atoms with Gasteiger partial charge in [0.1, 0.15) is 35.1 Å². The maximum absolute atomic E-state index is 15.6. The van der Waals surface area contributed by atoms with E-state index in [1.54, 1.807) is 30.5 Å². The quantitative estimate of drug-likeness (QED) is 0.00855. The number of azide groups is 1. The summed E-state index contributed by atoms with van der Waals surface area (Å²) >= 11 is 0. The van der Waals surface area contributed by atoms with Gasteiger partial charge in [0.15, 0.2) is 29.0 Å². The third-order valence-electron chi connectivity index (χ3n) is 19.7. The van der Waals surface area contributed by atoms with Gasteiger partial charge in [-0.05, 0) is 142 Å². The minimum Gasteiger partial charge on any atom is -0.494 e. The number of carboxylic acids is 1. The molecule has 2 aromatic heterocycles. The molecule has 0 fully saturated rings. The van der Waals surface area contributed by atoms with Crippen LogP contribution in [-0.4, -0.2) is 196 Å². The molecule has 0 unspecified atom stereocenters. The smallest absolute Gasteiger partial charge is 0.305 e. The number of amides is 8. The number of rotatable bonds is 52. The van der Waals surface area contributed by atoms with Crippen LogP contribution in [0, 0.1) is 28.5 Å². The number of benzene rings is 4. The average molecular weight is 1610 g/mol. The number of hydrogen-bond donors (Lipinski definition) is 14. The number of aryl methyl sites for hydroxylation is 2. The predicted molar refractivity (Wildman–Crippen MR) is 417 cm³/mol. The summed E-state index contributed by atoms with van der Waals surface area (Å²) in [6.45, 7) is 9.52. The highest BCUT2D eigenvalue weighted by molar-refractivity contribution is 6.06. The molecule has 2 heterocycles. The van der Waals surface area contributed by atoms with Crippen LogP contribution in [-0.2, 0) is 107 Å². The zero-order valence-corrected chi connectivity index (χ0v) is 66.0. The summed E-state index contributed by atoms with van der Waals surface area (Å²) in [5.41, 5.74) is 16.0. The Bertz CT molecular complexity index is 4400. The van der Waals surface area contributed by atoms with Crippen molar-refractivity contribution in [3.05, 3.63) is 159 Å². The fourth-order valence-electron chi connectivity index (χ4n) is 12.7. The number of ketones is 4. The number of tetrazole rings is 1. The number of aliphatic hydroxyl groups excluding tert-OH is 3. The first-order chi connectivity index (χ1) is 55.1. The second kappa shape index (κ2) is 45.8. The van der Waals surface area contributed by atoms with Crippen LogP contribution in [0.3, 0.4) is 0 Å². The van der Waals surface area contributed by atoms with Crippen LogP contribution in [0.1, 0.15) is 152 Å². The fraction of sp³-hybridized carbons (Fsp3) is 0.487. The SMILES string of the molecule is CCc1cc(OCCCCN=[N+]=[N-])ccc1-c1ccc(C[C@H](CC(=O)[C@H](CC(=O)O)NC(=O)[C@H](CO)CC(=O)[C@@H](NC(=O)[C@@](C)(CC(=O)[C@@H](NC(=O)CCC(=O)[C@H](Cc2nn[nH]n2)NC(=O)C(C)(C)C(=O)NCCc2cnc[nH]2)[C@@H](C)O)Cc2ccccc2F)[C@@H](C)O)C(=O)N[C@@H](CCCc2ccc(CNC(C)=O)cc2)C(N)=O)cc1. The van der Waals surface area contributed by atoms with E-state index >= 15 is 4.39 Å². The van der Waals surface area contributed by atoms with Crippen LogP contribution in [0.4, 0.5) is 4.39 Å². The summed E-state index contributed by atoms with van der Waals surface area (Å²) in [4.78, 5) is 188. The lowest BCUT2D eigenvalue weighted by atomic mass is 9.76. The Hall–Kier alpha value is -12.0. The third-order valence-corrected chi connectivity index (χ3v) is 19.7. The van der Waals surface area contributed by atoms with Crippen molar-refractivity contribution >= 4 is 76.4 Å². The number of aromatic amines is 2. The van der Waals surface area contributed by atoms with Gasteiger partial charge in [-0.25, -0.2) is 9.37 Å². The van der Waals surface area contributed by atoms with Gasteiger partial charge < -0.3 is 73.1 Å². The number of Topliss-reactive ketones (excluding diaryl/α,β-unsaturated/α-hetero) is 4. The Labute approximate surface area is 669 Å². The number of aromatic nitrogens is 6. The molecule has 6 aromatic rings.